The maximum absolute atomic E-state index is 5.62. The third kappa shape index (κ3) is 2.84. The van der Waals surface area contributed by atoms with E-state index in [-0.39, 0.29) is 0 Å². The van der Waals surface area contributed by atoms with Crippen LogP contribution in [-0.4, -0.2) is 9.97 Å². The number of hydrogen-bond donors (Lipinski definition) is 1. The number of halogens is 1. The quantitative estimate of drug-likeness (QED) is 0.830. The molecule has 16 heavy (non-hydrogen) atoms. The van der Waals surface area contributed by atoms with Crippen molar-refractivity contribution in [3.05, 3.63) is 47.5 Å². The second-order valence-electron chi connectivity index (χ2n) is 3.19. The van der Waals surface area contributed by atoms with Gasteiger partial charge in [-0.25, -0.2) is 4.98 Å². The fraction of sp³-hybridized carbons (Fsp3) is 0.0909. The zero-order chi connectivity index (χ0) is 11.4. The number of ether oxygens (including phenoxy) is 1. The van der Waals surface area contributed by atoms with E-state index in [1.807, 2.05) is 0 Å². The van der Waals surface area contributed by atoms with Gasteiger partial charge in [0.25, 0.3) is 0 Å². The first-order chi connectivity index (χ1) is 7.74. The Labute approximate surface area is 98.0 Å². The first-order valence-electron chi connectivity index (χ1n) is 4.69. The van der Waals surface area contributed by atoms with Crippen LogP contribution in [0.15, 0.2) is 36.7 Å². The highest BCUT2D eigenvalue weighted by atomic mass is 35.5. The predicted molar refractivity (Wildman–Crippen MR) is 62.2 cm³/mol. The number of aromatic nitrogens is 2. The van der Waals surface area contributed by atoms with Crippen LogP contribution in [0, 0.1) is 0 Å². The molecule has 1 aromatic heterocycles. The van der Waals surface area contributed by atoms with Crippen LogP contribution in [-0.2, 0) is 6.61 Å². The summed E-state index contributed by atoms with van der Waals surface area (Å²) in [5.74, 6) is 0.742. The Morgan fingerprint density at radius 1 is 1.12 bits per heavy atom. The molecule has 0 amide bonds. The van der Waals surface area contributed by atoms with Gasteiger partial charge in [-0.2, -0.15) is 0 Å². The second kappa shape index (κ2) is 4.81. The molecule has 5 heteroatoms. The lowest BCUT2D eigenvalue weighted by Crippen LogP contribution is -1.98. The van der Waals surface area contributed by atoms with E-state index >= 15 is 0 Å². The molecule has 2 aromatic rings. The Balaban J connectivity index is 1.97. The lowest BCUT2D eigenvalue weighted by molar-refractivity contribution is 0.301. The molecule has 4 nitrogen and oxygen atoms in total. The van der Waals surface area contributed by atoms with Crippen molar-refractivity contribution >= 4 is 17.3 Å². The Morgan fingerprint density at radius 3 is 2.50 bits per heavy atom. The highest BCUT2D eigenvalue weighted by molar-refractivity contribution is 6.29. The van der Waals surface area contributed by atoms with Crippen LogP contribution < -0.4 is 10.5 Å². The van der Waals surface area contributed by atoms with E-state index in [0.29, 0.717) is 17.4 Å². The molecule has 2 rings (SSSR count). The predicted octanol–water partition coefficient (Wildman–Crippen LogP) is 2.29. The van der Waals surface area contributed by atoms with E-state index in [1.54, 1.807) is 30.5 Å². The summed E-state index contributed by atoms with van der Waals surface area (Å²) < 4.78 is 5.49. The Kier molecular flexibility index (Phi) is 3.22. The first kappa shape index (κ1) is 10.7. The van der Waals surface area contributed by atoms with Crippen molar-refractivity contribution in [3.63, 3.8) is 0 Å². The lowest BCUT2D eigenvalue weighted by Gasteiger charge is -2.05. The first-order valence-corrected chi connectivity index (χ1v) is 5.06. The minimum atomic E-state index is 0.355. The molecule has 0 unspecified atom stereocenters. The number of nitrogen functional groups attached to an aromatic ring is 1. The van der Waals surface area contributed by atoms with Gasteiger partial charge in [-0.1, -0.05) is 11.6 Å². The molecule has 0 saturated heterocycles. The summed E-state index contributed by atoms with van der Waals surface area (Å²) in [5.41, 5.74) is 6.99. The third-order valence-corrected chi connectivity index (χ3v) is 2.14. The average Bonchev–Trinajstić information content (AvgIpc) is 2.30. The number of rotatable bonds is 3. The zero-order valence-corrected chi connectivity index (χ0v) is 9.19. The molecule has 82 valence electrons. The Hall–Kier alpha value is -1.81. The SMILES string of the molecule is Nc1ccc(OCc2cnc(Cl)cn2)cc1. The fourth-order valence-corrected chi connectivity index (χ4v) is 1.23. The van der Waals surface area contributed by atoms with Crippen molar-refractivity contribution in [1.82, 2.24) is 9.97 Å². The van der Waals surface area contributed by atoms with Gasteiger partial charge < -0.3 is 10.5 Å². The van der Waals surface area contributed by atoms with Crippen molar-refractivity contribution < 1.29 is 4.74 Å². The van der Waals surface area contributed by atoms with Gasteiger partial charge in [0.1, 0.15) is 17.5 Å². The monoisotopic (exact) mass is 235 g/mol. The minimum Gasteiger partial charge on any atom is -0.487 e. The van der Waals surface area contributed by atoms with Crippen LogP contribution in [0.25, 0.3) is 0 Å². The van der Waals surface area contributed by atoms with Crippen LogP contribution in [0.3, 0.4) is 0 Å². The van der Waals surface area contributed by atoms with E-state index in [0.717, 1.165) is 11.4 Å². The fourth-order valence-electron chi connectivity index (χ4n) is 1.13. The molecule has 0 aliphatic rings. The maximum atomic E-state index is 5.62. The Morgan fingerprint density at radius 2 is 1.88 bits per heavy atom. The van der Waals surface area contributed by atoms with Gasteiger partial charge in [-0.3, -0.25) is 4.98 Å². The smallest absolute Gasteiger partial charge is 0.147 e. The molecule has 1 heterocycles. The topological polar surface area (TPSA) is 61.0 Å². The molecular weight excluding hydrogens is 226 g/mol. The second-order valence-corrected chi connectivity index (χ2v) is 3.58. The molecule has 0 radical (unpaired) electrons. The number of hydrogen-bond acceptors (Lipinski definition) is 4. The van der Waals surface area contributed by atoms with Gasteiger partial charge in [0.2, 0.25) is 0 Å². The highest BCUT2D eigenvalue weighted by Gasteiger charge is 1.98. The van der Waals surface area contributed by atoms with Crippen molar-refractivity contribution in [1.29, 1.82) is 0 Å². The summed E-state index contributed by atoms with van der Waals surface area (Å²) in [6, 6.07) is 7.17. The number of nitrogens with zero attached hydrogens (tertiary/aromatic N) is 2. The van der Waals surface area contributed by atoms with Gasteiger partial charge >= 0.3 is 0 Å². The van der Waals surface area contributed by atoms with E-state index < -0.39 is 0 Å². The normalized spacial score (nSPS) is 10.1. The Bertz CT molecular complexity index is 410. The van der Waals surface area contributed by atoms with E-state index in [2.05, 4.69) is 9.97 Å². The summed E-state index contributed by atoms with van der Waals surface area (Å²) in [5, 5.41) is 0.372. The standard InChI is InChI=1S/C11H10ClN3O/c12-11-6-14-9(5-15-11)7-16-10-3-1-8(13)2-4-10/h1-6H,7,13H2. The lowest BCUT2D eigenvalue weighted by atomic mass is 10.3. The molecular formula is C11H10ClN3O. The minimum absolute atomic E-state index is 0.355. The number of nitrogens with two attached hydrogens (primary N) is 1. The molecule has 2 N–H and O–H groups in total. The molecule has 1 aromatic carbocycles. The molecule has 0 spiro atoms. The van der Waals surface area contributed by atoms with Gasteiger partial charge in [0.15, 0.2) is 0 Å². The third-order valence-electron chi connectivity index (χ3n) is 1.94. The zero-order valence-electron chi connectivity index (χ0n) is 8.43. The van der Waals surface area contributed by atoms with Crippen molar-refractivity contribution in [2.24, 2.45) is 0 Å². The number of benzene rings is 1. The van der Waals surface area contributed by atoms with Crippen molar-refractivity contribution in [2.45, 2.75) is 6.61 Å². The van der Waals surface area contributed by atoms with Crippen LogP contribution in [0.4, 0.5) is 5.69 Å². The summed E-state index contributed by atoms with van der Waals surface area (Å²) >= 11 is 5.62. The summed E-state index contributed by atoms with van der Waals surface area (Å²) in [4.78, 5) is 7.98. The molecule has 0 bridgehead atoms. The molecule has 0 fully saturated rings. The van der Waals surface area contributed by atoms with Crippen LogP contribution >= 0.6 is 11.6 Å². The summed E-state index contributed by atoms with van der Waals surface area (Å²) in [7, 11) is 0. The summed E-state index contributed by atoms with van der Waals surface area (Å²) in [6.07, 6.45) is 3.07. The van der Waals surface area contributed by atoms with Crippen LogP contribution in [0.1, 0.15) is 5.69 Å². The van der Waals surface area contributed by atoms with Gasteiger partial charge in [0, 0.05) is 5.69 Å². The summed E-state index contributed by atoms with van der Waals surface area (Å²) in [6.45, 7) is 0.355. The highest BCUT2D eigenvalue weighted by Crippen LogP contribution is 2.14. The van der Waals surface area contributed by atoms with Gasteiger partial charge in [-0.05, 0) is 24.3 Å². The van der Waals surface area contributed by atoms with Crippen LogP contribution in [0.5, 0.6) is 5.75 Å². The van der Waals surface area contributed by atoms with Crippen molar-refractivity contribution in [3.8, 4) is 5.75 Å². The molecule has 0 atom stereocenters. The van der Waals surface area contributed by atoms with E-state index in [9.17, 15) is 0 Å². The molecule has 0 aliphatic heterocycles. The number of anilines is 1. The maximum Gasteiger partial charge on any atom is 0.147 e. The molecule has 0 aliphatic carbocycles. The van der Waals surface area contributed by atoms with Gasteiger partial charge in [-0.15, -0.1) is 0 Å². The van der Waals surface area contributed by atoms with Crippen LogP contribution in [0.2, 0.25) is 5.15 Å². The van der Waals surface area contributed by atoms with E-state index in [1.165, 1.54) is 6.20 Å². The largest absolute Gasteiger partial charge is 0.487 e. The average molecular weight is 236 g/mol. The van der Waals surface area contributed by atoms with Gasteiger partial charge in [0.05, 0.1) is 18.1 Å². The molecule has 0 saturated carbocycles. The van der Waals surface area contributed by atoms with E-state index in [4.69, 9.17) is 22.1 Å². The van der Waals surface area contributed by atoms with Crippen molar-refractivity contribution in [2.75, 3.05) is 5.73 Å².